The van der Waals surface area contributed by atoms with Gasteiger partial charge in [0.25, 0.3) is 0 Å². The Bertz CT molecular complexity index is 169. The van der Waals surface area contributed by atoms with Gasteiger partial charge in [-0.25, -0.2) is 0 Å². The van der Waals surface area contributed by atoms with Crippen LogP contribution in [0.15, 0.2) is 12.2 Å². The van der Waals surface area contributed by atoms with Crippen molar-refractivity contribution < 1.29 is 0 Å². The average molecular weight is 150 g/mol. The summed E-state index contributed by atoms with van der Waals surface area (Å²) in [5.41, 5.74) is 1.56. The highest BCUT2D eigenvalue weighted by molar-refractivity contribution is 5.09. The third kappa shape index (κ3) is 1.13. The molecule has 0 heterocycles. The van der Waals surface area contributed by atoms with Gasteiger partial charge in [0.15, 0.2) is 0 Å². The SMILES string of the molecule is C=C1CCC(C)C2CCCC12. The molecule has 3 atom stereocenters. The molecule has 0 aromatic heterocycles. The van der Waals surface area contributed by atoms with E-state index in [0.29, 0.717) is 0 Å². The predicted molar refractivity (Wildman–Crippen MR) is 48.4 cm³/mol. The molecule has 11 heavy (non-hydrogen) atoms. The van der Waals surface area contributed by atoms with Gasteiger partial charge in [-0.2, -0.15) is 0 Å². The predicted octanol–water partition coefficient (Wildman–Crippen LogP) is 3.39. The van der Waals surface area contributed by atoms with E-state index in [-0.39, 0.29) is 0 Å². The van der Waals surface area contributed by atoms with E-state index >= 15 is 0 Å². The molecule has 2 aliphatic rings. The summed E-state index contributed by atoms with van der Waals surface area (Å²) in [4.78, 5) is 0. The van der Waals surface area contributed by atoms with Gasteiger partial charge in [0.05, 0.1) is 0 Å². The summed E-state index contributed by atoms with van der Waals surface area (Å²) in [5.74, 6) is 2.91. The van der Waals surface area contributed by atoms with Crippen LogP contribution in [0.3, 0.4) is 0 Å². The van der Waals surface area contributed by atoms with Crippen LogP contribution in [0.2, 0.25) is 0 Å². The molecule has 0 N–H and O–H groups in total. The van der Waals surface area contributed by atoms with E-state index in [4.69, 9.17) is 0 Å². The Kier molecular flexibility index (Phi) is 1.78. The second-order valence-corrected chi connectivity index (χ2v) is 4.38. The zero-order chi connectivity index (χ0) is 7.84. The lowest BCUT2D eigenvalue weighted by atomic mass is 9.72. The molecule has 0 aromatic rings. The van der Waals surface area contributed by atoms with E-state index in [2.05, 4.69) is 13.5 Å². The molecule has 2 fully saturated rings. The van der Waals surface area contributed by atoms with Crippen molar-refractivity contribution in [1.29, 1.82) is 0 Å². The molecule has 0 spiro atoms. The molecule has 62 valence electrons. The number of hydrogen-bond acceptors (Lipinski definition) is 0. The molecule has 0 aliphatic heterocycles. The van der Waals surface area contributed by atoms with E-state index < -0.39 is 0 Å². The molecule has 0 aromatic carbocycles. The Morgan fingerprint density at radius 1 is 1.27 bits per heavy atom. The Hall–Kier alpha value is -0.260. The molecule has 0 heteroatoms. The van der Waals surface area contributed by atoms with Gasteiger partial charge < -0.3 is 0 Å². The summed E-state index contributed by atoms with van der Waals surface area (Å²) >= 11 is 0. The Balaban J connectivity index is 2.14. The molecule has 2 saturated carbocycles. The van der Waals surface area contributed by atoms with E-state index in [0.717, 1.165) is 17.8 Å². The summed E-state index contributed by atoms with van der Waals surface area (Å²) in [7, 11) is 0. The molecule has 2 rings (SSSR count). The molecule has 0 bridgehead atoms. The van der Waals surface area contributed by atoms with Gasteiger partial charge in [0, 0.05) is 0 Å². The van der Waals surface area contributed by atoms with Gasteiger partial charge in [0.2, 0.25) is 0 Å². The standard InChI is InChI=1S/C11H18/c1-8-6-7-9(2)11-5-3-4-10(8)11/h9-11H,1,3-7H2,2H3. The Labute approximate surface area is 69.7 Å². The maximum atomic E-state index is 4.19. The second-order valence-electron chi connectivity index (χ2n) is 4.38. The first kappa shape index (κ1) is 7.39. The van der Waals surface area contributed by atoms with Gasteiger partial charge in [0.1, 0.15) is 0 Å². The van der Waals surface area contributed by atoms with Crippen molar-refractivity contribution in [3.05, 3.63) is 12.2 Å². The van der Waals surface area contributed by atoms with Crippen molar-refractivity contribution in [2.24, 2.45) is 17.8 Å². The zero-order valence-electron chi connectivity index (χ0n) is 7.47. The molecule has 0 nitrogen and oxygen atoms in total. The number of hydrogen-bond donors (Lipinski definition) is 0. The van der Waals surface area contributed by atoms with Crippen LogP contribution in [0.5, 0.6) is 0 Å². The first-order valence-corrected chi connectivity index (χ1v) is 4.96. The van der Waals surface area contributed by atoms with Crippen LogP contribution in [0.4, 0.5) is 0 Å². The van der Waals surface area contributed by atoms with Crippen molar-refractivity contribution >= 4 is 0 Å². The van der Waals surface area contributed by atoms with E-state index in [1.54, 1.807) is 5.57 Å². The number of rotatable bonds is 0. The fourth-order valence-corrected chi connectivity index (χ4v) is 2.99. The maximum absolute atomic E-state index is 4.19. The smallest absolute Gasteiger partial charge is 0.0175 e. The molecule has 0 saturated heterocycles. The van der Waals surface area contributed by atoms with Crippen LogP contribution in [-0.2, 0) is 0 Å². The Morgan fingerprint density at radius 3 is 2.82 bits per heavy atom. The summed E-state index contributed by atoms with van der Waals surface area (Å²) < 4.78 is 0. The van der Waals surface area contributed by atoms with Crippen LogP contribution in [0.1, 0.15) is 39.0 Å². The first-order valence-electron chi connectivity index (χ1n) is 4.96. The highest BCUT2D eigenvalue weighted by Crippen LogP contribution is 2.47. The van der Waals surface area contributed by atoms with Crippen LogP contribution in [0.25, 0.3) is 0 Å². The maximum Gasteiger partial charge on any atom is -0.0175 e. The number of fused-ring (bicyclic) bond motifs is 1. The zero-order valence-corrected chi connectivity index (χ0v) is 7.47. The highest BCUT2D eigenvalue weighted by atomic mass is 14.4. The molecular weight excluding hydrogens is 132 g/mol. The van der Waals surface area contributed by atoms with Crippen molar-refractivity contribution in [2.45, 2.75) is 39.0 Å². The van der Waals surface area contributed by atoms with Gasteiger partial charge in [-0.15, -0.1) is 0 Å². The summed E-state index contributed by atoms with van der Waals surface area (Å²) in [6.45, 7) is 6.62. The molecule has 0 radical (unpaired) electrons. The summed E-state index contributed by atoms with van der Waals surface area (Å²) in [6.07, 6.45) is 7.08. The molecule has 2 aliphatic carbocycles. The van der Waals surface area contributed by atoms with Crippen LogP contribution >= 0.6 is 0 Å². The van der Waals surface area contributed by atoms with E-state index in [1.807, 2.05) is 0 Å². The van der Waals surface area contributed by atoms with Crippen molar-refractivity contribution in [2.75, 3.05) is 0 Å². The van der Waals surface area contributed by atoms with Gasteiger partial charge in [-0.3, -0.25) is 0 Å². The highest BCUT2D eigenvalue weighted by Gasteiger charge is 2.35. The van der Waals surface area contributed by atoms with Crippen LogP contribution < -0.4 is 0 Å². The molecule has 0 amide bonds. The normalized spacial score (nSPS) is 44.1. The van der Waals surface area contributed by atoms with Gasteiger partial charge in [-0.05, 0) is 43.4 Å². The fourth-order valence-electron chi connectivity index (χ4n) is 2.99. The van der Waals surface area contributed by atoms with Crippen molar-refractivity contribution in [3.63, 3.8) is 0 Å². The third-order valence-corrected chi connectivity index (χ3v) is 3.75. The largest absolute Gasteiger partial charge is 0.0996 e. The fraction of sp³-hybridized carbons (Fsp3) is 0.818. The lowest BCUT2D eigenvalue weighted by Gasteiger charge is -2.33. The monoisotopic (exact) mass is 150 g/mol. The first-order chi connectivity index (χ1) is 5.29. The van der Waals surface area contributed by atoms with Gasteiger partial charge >= 0.3 is 0 Å². The van der Waals surface area contributed by atoms with Crippen LogP contribution in [0, 0.1) is 17.8 Å². The minimum atomic E-state index is 0.916. The lowest BCUT2D eigenvalue weighted by molar-refractivity contribution is 0.251. The molecule has 3 unspecified atom stereocenters. The lowest BCUT2D eigenvalue weighted by Crippen LogP contribution is -2.23. The summed E-state index contributed by atoms with van der Waals surface area (Å²) in [5, 5.41) is 0. The Morgan fingerprint density at radius 2 is 2.09 bits per heavy atom. The minimum Gasteiger partial charge on any atom is -0.0996 e. The molecular formula is C11H18. The average Bonchev–Trinajstić information content (AvgIpc) is 2.45. The van der Waals surface area contributed by atoms with E-state index in [9.17, 15) is 0 Å². The quantitative estimate of drug-likeness (QED) is 0.464. The topological polar surface area (TPSA) is 0 Å². The second kappa shape index (κ2) is 2.66. The third-order valence-electron chi connectivity index (χ3n) is 3.75. The number of allylic oxidation sites excluding steroid dienone is 1. The van der Waals surface area contributed by atoms with Gasteiger partial charge in [-0.1, -0.05) is 25.5 Å². The van der Waals surface area contributed by atoms with Crippen LogP contribution in [-0.4, -0.2) is 0 Å². The van der Waals surface area contributed by atoms with Crippen molar-refractivity contribution in [1.82, 2.24) is 0 Å². The van der Waals surface area contributed by atoms with E-state index in [1.165, 1.54) is 32.1 Å². The summed E-state index contributed by atoms with van der Waals surface area (Å²) in [6, 6.07) is 0. The van der Waals surface area contributed by atoms with Crippen molar-refractivity contribution in [3.8, 4) is 0 Å². The minimum absolute atomic E-state index is 0.916.